The van der Waals surface area contributed by atoms with E-state index in [2.05, 4.69) is 21.2 Å². The summed E-state index contributed by atoms with van der Waals surface area (Å²) < 4.78 is 11.2. The van der Waals surface area contributed by atoms with Gasteiger partial charge in [-0.05, 0) is 79.6 Å². The van der Waals surface area contributed by atoms with Crippen LogP contribution in [0.4, 0.5) is 11.4 Å². The summed E-state index contributed by atoms with van der Waals surface area (Å²) >= 11 is 4.65. The molecular weight excluding hydrogens is 582 g/mol. The van der Waals surface area contributed by atoms with Crippen LogP contribution in [0.3, 0.4) is 0 Å². The van der Waals surface area contributed by atoms with Crippen molar-refractivity contribution in [1.29, 1.82) is 0 Å². The van der Waals surface area contributed by atoms with Crippen molar-refractivity contribution < 1.29 is 23.9 Å². The predicted octanol–water partition coefficient (Wildman–Crippen LogP) is 5.84. The quantitative estimate of drug-likeness (QED) is 0.290. The molecule has 1 N–H and O–H groups in total. The largest absolute Gasteiger partial charge is 0.497 e. The van der Waals surface area contributed by atoms with Gasteiger partial charge in [-0.25, -0.2) is 9.79 Å². The second-order valence-electron chi connectivity index (χ2n) is 8.62. The fourth-order valence-electron chi connectivity index (χ4n) is 3.87. The molecule has 10 heteroatoms. The summed E-state index contributed by atoms with van der Waals surface area (Å²) in [6.07, 6.45) is 0.619. The topological polar surface area (TPSA) is 97.3 Å². The number of halogens is 1. The van der Waals surface area contributed by atoms with E-state index >= 15 is 0 Å². The first kappa shape index (κ1) is 28.4. The Morgan fingerprint density at radius 2 is 1.72 bits per heavy atom. The first-order valence-corrected chi connectivity index (χ1v) is 14.1. The second-order valence-corrected chi connectivity index (χ2v) is 10.7. The van der Waals surface area contributed by atoms with E-state index in [1.807, 2.05) is 36.4 Å². The van der Waals surface area contributed by atoms with Crippen LogP contribution in [0, 0.1) is 0 Å². The second kappa shape index (κ2) is 13.4. The lowest BCUT2D eigenvalue weighted by atomic mass is 10.1. The molecule has 4 rings (SSSR count). The smallest absolute Gasteiger partial charge is 0.338 e. The summed E-state index contributed by atoms with van der Waals surface area (Å²) in [6, 6.07) is 21.6. The van der Waals surface area contributed by atoms with Crippen molar-refractivity contribution in [2.45, 2.75) is 25.0 Å². The maximum Gasteiger partial charge on any atom is 0.338 e. The van der Waals surface area contributed by atoms with Gasteiger partial charge in [-0.15, -0.1) is 0 Å². The first-order chi connectivity index (χ1) is 18.9. The van der Waals surface area contributed by atoms with Crippen molar-refractivity contribution >= 4 is 62.0 Å². The number of carbonyl (C=O) groups excluding carboxylic acids is 3. The lowest BCUT2D eigenvalue weighted by Crippen LogP contribution is -2.35. The van der Waals surface area contributed by atoms with Crippen LogP contribution in [-0.4, -0.2) is 53.4 Å². The van der Waals surface area contributed by atoms with E-state index in [9.17, 15) is 14.4 Å². The molecule has 39 heavy (non-hydrogen) atoms. The Balaban J connectivity index is 1.51. The van der Waals surface area contributed by atoms with E-state index < -0.39 is 11.2 Å². The van der Waals surface area contributed by atoms with Crippen LogP contribution < -0.4 is 10.1 Å². The highest BCUT2D eigenvalue weighted by Crippen LogP contribution is 2.32. The number of amidine groups is 1. The van der Waals surface area contributed by atoms with E-state index in [0.717, 1.165) is 15.8 Å². The molecule has 1 aliphatic heterocycles. The van der Waals surface area contributed by atoms with Crippen LogP contribution in [0.15, 0.2) is 82.3 Å². The predicted molar refractivity (Wildman–Crippen MR) is 157 cm³/mol. The van der Waals surface area contributed by atoms with E-state index in [1.54, 1.807) is 55.3 Å². The molecule has 3 aromatic carbocycles. The van der Waals surface area contributed by atoms with Gasteiger partial charge < -0.3 is 14.8 Å². The Kier molecular flexibility index (Phi) is 9.78. The monoisotopic (exact) mass is 609 g/mol. The third kappa shape index (κ3) is 7.70. The Morgan fingerprint density at radius 1 is 1.03 bits per heavy atom. The van der Waals surface area contributed by atoms with Gasteiger partial charge >= 0.3 is 5.97 Å². The zero-order chi connectivity index (χ0) is 27.8. The first-order valence-electron chi connectivity index (χ1n) is 12.4. The number of benzene rings is 3. The number of hydrogen-bond donors (Lipinski definition) is 1. The summed E-state index contributed by atoms with van der Waals surface area (Å²) in [5.74, 6) is -0.0586. The number of esters is 1. The van der Waals surface area contributed by atoms with Gasteiger partial charge in [0, 0.05) is 23.1 Å². The summed E-state index contributed by atoms with van der Waals surface area (Å²) in [5.41, 5.74) is 2.72. The number of nitrogens with zero attached hydrogens (tertiary/aromatic N) is 2. The van der Waals surface area contributed by atoms with E-state index in [-0.39, 0.29) is 18.2 Å². The van der Waals surface area contributed by atoms with Crippen LogP contribution in [0.5, 0.6) is 5.75 Å². The number of aliphatic imine (C=N–C) groups is 1. The molecule has 0 aromatic heterocycles. The molecule has 0 spiro atoms. The number of anilines is 1. The van der Waals surface area contributed by atoms with Gasteiger partial charge in [-0.1, -0.05) is 39.8 Å². The SMILES string of the molecule is CCOC(=O)c1ccc(N=C2S[C@@H](CC(=O)Nc3ccc(Br)cc3)C(=O)N2CCc2ccc(OC)cc2)cc1. The lowest BCUT2D eigenvalue weighted by Gasteiger charge is -2.17. The molecule has 0 saturated carbocycles. The van der Waals surface area contributed by atoms with Crippen molar-refractivity contribution in [2.75, 3.05) is 25.6 Å². The van der Waals surface area contributed by atoms with Gasteiger partial charge in [-0.2, -0.15) is 0 Å². The normalized spacial score (nSPS) is 15.9. The molecule has 0 unspecified atom stereocenters. The van der Waals surface area contributed by atoms with Crippen molar-refractivity contribution in [1.82, 2.24) is 4.90 Å². The van der Waals surface area contributed by atoms with Gasteiger partial charge in [0.25, 0.3) is 0 Å². The average Bonchev–Trinajstić information content (AvgIpc) is 3.22. The van der Waals surface area contributed by atoms with E-state index in [0.29, 0.717) is 41.7 Å². The van der Waals surface area contributed by atoms with Crippen molar-refractivity contribution in [3.8, 4) is 5.75 Å². The number of amides is 2. The fraction of sp³-hybridized carbons (Fsp3) is 0.241. The minimum atomic E-state index is -0.603. The lowest BCUT2D eigenvalue weighted by molar-refractivity contribution is -0.128. The molecule has 1 atom stereocenters. The number of carbonyl (C=O) groups is 3. The number of nitrogens with one attached hydrogen (secondary N) is 1. The highest BCUT2D eigenvalue weighted by Gasteiger charge is 2.39. The molecule has 1 fully saturated rings. The highest BCUT2D eigenvalue weighted by molar-refractivity contribution is 9.10. The molecule has 1 heterocycles. The summed E-state index contributed by atoms with van der Waals surface area (Å²) in [7, 11) is 1.62. The Labute approximate surface area is 239 Å². The van der Waals surface area contributed by atoms with Gasteiger partial charge in [0.05, 0.1) is 25.0 Å². The zero-order valence-corrected chi connectivity index (χ0v) is 24.0. The molecule has 0 radical (unpaired) electrons. The van der Waals surface area contributed by atoms with E-state index in [4.69, 9.17) is 14.5 Å². The minimum absolute atomic E-state index is 0.0133. The van der Waals surface area contributed by atoms with Crippen LogP contribution in [0.2, 0.25) is 0 Å². The molecule has 0 aliphatic carbocycles. The van der Waals surface area contributed by atoms with Gasteiger partial charge in [-0.3, -0.25) is 14.5 Å². The van der Waals surface area contributed by atoms with Gasteiger partial charge in [0.15, 0.2) is 5.17 Å². The summed E-state index contributed by atoms with van der Waals surface area (Å²) in [4.78, 5) is 44.5. The minimum Gasteiger partial charge on any atom is -0.497 e. The number of methoxy groups -OCH3 is 1. The molecule has 0 bridgehead atoms. The molecule has 1 saturated heterocycles. The van der Waals surface area contributed by atoms with Crippen molar-refractivity contribution in [2.24, 2.45) is 4.99 Å². The van der Waals surface area contributed by atoms with Crippen LogP contribution in [0.1, 0.15) is 29.3 Å². The van der Waals surface area contributed by atoms with E-state index in [1.165, 1.54) is 11.8 Å². The fourth-order valence-corrected chi connectivity index (χ4v) is 5.32. The number of ether oxygens (including phenoxy) is 2. The molecule has 3 aromatic rings. The van der Waals surface area contributed by atoms with Crippen molar-refractivity contribution in [3.63, 3.8) is 0 Å². The summed E-state index contributed by atoms with van der Waals surface area (Å²) in [6.45, 7) is 2.45. The number of thioether (sulfide) groups is 1. The van der Waals surface area contributed by atoms with Crippen molar-refractivity contribution in [3.05, 3.63) is 88.4 Å². The molecule has 1 aliphatic rings. The van der Waals surface area contributed by atoms with Crippen LogP contribution >= 0.6 is 27.7 Å². The zero-order valence-electron chi connectivity index (χ0n) is 21.6. The number of hydrogen-bond acceptors (Lipinski definition) is 7. The molecular formula is C29H28BrN3O5S. The molecule has 202 valence electrons. The maximum atomic E-state index is 13.4. The Hall–Kier alpha value is -3.63. The van der Waals surface area contributed by atoms with Gasteiger partial charge in [0.2, 0.25) is 11.8 Å². The van der Waals surface area contributed by atoms with Crippen LogP contribution in [0.25, 0.3) is 0 Å². The van der Waals surface area contributed by atoms with Gasteiger partial charge in [0.1, 0.15) is 11.0 Å². The van der Waals surface area contributed by atoms with Crippen LogP contribution in [-0.2, 0) is 20.7 Å². The molecule has 8 nitrogen and oxygen atoms in total. The number of rotatable bonds is 10. The molecule has 2 amide bonds. The third-order valence-corrected chi connectivity index (χ3v) is 7.61. The standard InChI is InChI=1S/C29H28BrN3O5S/c1-3-38-28(36)20-6-10-23(11-7-20)32-29-33(17-16-19-4-14-24(37-2)15-5-19)27(35)25(39-29)18-26(34)31-22-12-8-21(30)9-13-22/h4-15,25H,3,16-18H2,1-2H3,(H,31,34)/t25-/m0/s1. The maximum absolute atomic E-state index is 13.4. The average molecular weight is 611 g/mol. The third-order valence-electron chi connectivity index (χ3n) is 5.91. The Morgan fingerprint density at radius 3 is 2.36 bits per heavy atom. The highest BCUT2D eigenvalue weighted by atomic mass is 79.9. The summed E-state index contributed by atoms with van der Waals surface area (Å²) in [5, 5.41) is 2.76. The Bertz CT molecular complexity index is 1340.